The van der Waals surface area contributed by atoms with Crippen LogP contribution in [-0.4, -0.2) is 29.9 Å². The lowest BCUT2D eigenvalue weighted by Gasteiger charge is -2.04. The number of amides is 2. The van der Waals surface area contributed by atoms with Gasteiger partial charge in [0.2, 0.25) is 5.91 Å². The van der Waals surface area contributed by atoms with Crippen molar-refractivity contribution in [2.45, 2.75) is 13.3 Å². The summed E-state index contributed by atoms with van der Waals surface area (Å²) in [6.45, 7) is 2.70. The fraction of sp³-hybridized carbons (Fsp3) is 0.364. The van der Waals surface area contributed by atoms with E-state index in [-0.39, 0.29) is 30.5 Å². The third-order valence-corrected chi connectivity index (χ3v) is 2.20. The van der Waals surface area contributed by atoms with Crippen LogP contribution >= 0.6 is 11.6 Å². The Kier molecular flexibility index (Phi) is 5.42. The van der Waals surface area contributed by atoms with Crippen molar-refractivity contribution < 1.29 is 9.59 Å². The van der Waals surface area contributed by atoms with Crippen LogP contribution in [-0.2, 0) is 4.79 Å². The second kappa shape index (κ2) is 6.85. The Hall–Kier alpha value is -1.62. The number of aromatic nitrogens is 1. The summed E-state index contributed by atoms with van der Waals surface area (Å²) in [6, 6.07) is 3.07. The predicted molar refractivity (Wildman–Crippen MR) is 64.9 cm³/mol. The minimum absolute atomic E-state index is 0.0909. The van der Waals surface area contributed by atoms with Gasteiger partial charge in [-0.05, 0) is 19.1 Å². The lowest BCUT2D eigenvalue weighted by Crippen LogP contribution is -2.30. The van der Waals surface area contributed by atoms with Crippen LogP contribution in [0.3, 0.4) is 0 Å². The first-order valence-corrected chi connectivity index (χ1v) is 5.67. The molecular weight excluding hydrogens is 242 g/mol. The Labute approximate surface area is 105 Å². The summed E-state index contributed by atoms with van der Waals surface area (Å²) in [5.74, 6) is -0.427. The number of nitrogens with one attached hydrogen (secondary N) is 2. The maximum Gasteiger partial charge on any atom is 0.269 e. The average Bonchev–Trinajstić information content (AvgIpc) is 2.29. The van der Waals surface area contributed by atoms with Gasteiger partial charge in [-0.2, -0.15) is 0 Å². The first-order chi connectivity index (χ1) is 8.13. The van der Waals surface area contributed by atoms with E-state index in [0.717, 1.165) is 0 Å². The third kappa shape index (κ3) is 4.82. The molecule has 0 bridgehead atoms. The highest BCUT2D eigenvalue weighted by Gasteiger charge is 2.07. The summed E-state index contributed by atoms with van der Waals surface area (Å²) in [4.78, 5) is 26.6. The van der Waals surface area contributed by atoms with E-state index >= 15 is 0 Å². The van der Waals surface area contributed by atoms with Crippen LogP contribution < -0.4 is 10.6 Å². The van der Waals surface area contributed by atoms with Crippen LogP contribution in [0.25, 0.3) is 0 Å². The molecule has 0 atom stereocenters. The zero-order valence-corrected chi connectivity index (χ0v) is 10.3. The molecule has 1 rings (SSSR count). The molecule has 5 nitrogen and oxygen atoms in total. The Morgan fingerprint density at radius 1 is 1.41 bits per heavy atom. The van der Waals surface area contributed by atoms with E-state index in [1.807, 2.05) is 6.92 Å². The number of nitrogens with zero attached hydrogens (tertiary/aromatic N) is 1. The van der Waals surface area contributed by atoms with Gasteiger partial charge in [0.05, 0.1) is 0 Å². The Morgan fingerprint density at radius 2 is 2.18 bits per heavy atom. The molecule has 1 heterocycles. The van der Waals surface area contributed by atoms with E-state index in [4.69, 9.17) is 11.6 Å². The molecule has 2 N–H and O–H groups in total. The molecule has 0 saturated carbocycles. The van der Waals surface area contributed by atoms with E-state index in [1.165, 1.54) is 12.3 Å². The second-order valence-corrected chi connectivity index (χ2v) is 3.76. The molecule has 0 unspecified atom stereocenters. The number of hydrogen-bond acceptors (Lipinski definition) is 3. The Bertz CT molecular complexity index is 409. The number of rotatable bonds is 5. The van der Waals surface area contributed by atoms with Gasteiger partial charge in [0.15, 0.2) is 0 Å². The van der Waals surface area contributed by atoms with Gasteiger partial charge in [-0.15, -0.1) is 0 Å². The highest BCUT2D eigenvalue weighted by Crippen LogP contribution is 2.07. The summed E-state index contributed by atoms with van der Waals surface area (Å²) < 4.78 is 0. The Morgan fingerprint density at radius 3 is 2.82 bits per heavy atom. The number of halogens is 1. The lowest BCUT2D eigenvalue weighted by molar-refractivity contribution is -0.120. The first-order valence-electron chi connectivity index (χ1n) is 5.30. The van der Waals surface area contributed by atoms with Crippen molar-refractivity contribution in [3.05, 3.63) is 29.0 Å². The topological polar surface area (TPSA) is 71.1 Å². The summed E-state index contributed by atoms with van der Waals surface area (Å²) >= 11 is 5.73. The monoisotopic (exact) mass is 255 g/mol. The van der Waals surface area contributed by atoms with E-state index in [9.17, 15) is 9.59 Å². The molecule has 0 aromatic carbocycles. The zero-order chi connectivity index (χ0) is 12.7. The molecule has 0 radical (unpaired) electrons. The molecule has 0 fully saturated rings. The predicted octanol–water partition coefficient (Wildman–Crippen LogP) is 0.991. The molecule has 92 valence electrons. The fourth-order valence-corrected chi connectivity index (χ4v) is 1.35. The van der Waals surface area contributed by atoms with Gasteiger partial charge in [-0.3, -0.25) is 14.6 Å². The highest BCUT2D eigenvalue weighted by atomic mass is 35.5. The van der Waals surface area contributed by atoms with Crippen LogP contribution in [0.5, 0.6) is 0 Å². The molecule has 0 aliphatic carbocycles. The highest BCUT2D eigenvalue weighted by molar-refractivity contribution is 6.30. The quantitative estimate of drug-likeness (QED) is 0.824. The van der Waals surface area contributed by atoms with Crippen molar-refractivity contribution >= 4 is 23.4 Å². The van der Waals surface area contributed by atoms with E-state index < -0.39 is 0 Å². The molecule has 0 aliphatic heterocycles. The lowest BCUT2D eigenvalue weighted by atomic mass is 10.3. The summed E-state index contributed by atoms with van der Waals surface area (Å²) in [7, 11) is 0. The van der Waals surface area contributed by atoms with Crippen molar-refractivity contribution in [3.8, 4) is 0 Å². The van der Waals surface area contributed by atoms with Gasteiger partial charge >= 0.3 is 0 Å². The molecule has 0 saturated heterocycles. The number of carbonyl (C=O) groups is 2. The molecular formula is C11H14ClN3O2. The van der Waals surface area contributed by atoms with Crippen molar-refractivity contribution in [2.75, 3.05) is 13.1 Å². The van der Waals surface area contributed by atoms with Crippen LogP contribution in [0.15, 0.2) is 18.3 Å². The van der Waals surface area contributed by atoms with E-state index in [0.29, 0.717) is 11.6 Å². The van der Waals surface area contributed by atoms with Crippen LogP contribution in [0.2, 0.25) is 5.02 Å². The normalized spacial score (nSPS) is 9.76. The molecule has 0 aliphatic rings. The molecule has 2 amide bonds. The first kappa shape index (κ1) is 13.4. The number of carbonyl (C=O) groups excluding carboxylic acids is 2. The fourth-order valence-electron chi connectivity index (χ4n) is 1.19. The average molecular weight is 256 g/mol. The van der Waals surface area contributed by atoms with Crippen LogP contribution in [0.1, 0.15) is 23.8 Å². The van der Waals surface area contributed by atoms with Gasteiger partial charge in [-0.1, -0.05) is 11.6 Å². The smallest absolute Gasteiger partial charge is 0.269 e. The number of pyridine rings is 1. The second-order valence-electron chi connectivity index (χ2n) is 3.32. The summed E-state index contributed by atoms with van der Waals surface area (Å²) in [5.41, 5.74) is 0.244. The maximum absolute atomic E-state index is 11.6. The third-order valence-electron chi connectivity index (χ3n) is 1.97. The van der Waals surface area contributed by atoms with E-state index in [2.05, 4.69) is 15.6 Å². The molecule has 17 heavy (non-hydrogen) atoms. The summed E-state index contributed by atoms with van der Waals surface area (Å²) in [6.07, 6.45) is 1.71. The summed E-state index contributed by atoms with van der Waals surface area (Å²) in [5, 5.41) is 5.69. The largest absolute Gasteiger partial charge is 0.356 e. The molecule has 1 aromatic rings. The van der Waals surface area contributed by atoms with Crippen molar-refractivity contribution in [3.63, 3.8) is 0 Å². The van der Waals surface area contributed by atoms with Crippen molar-refractivity contribution in [1.82, 2.24) is 15.6 Å². The van der Waals surface area contributed by atoms with Crippen molar-refractivity contribution in [1.29, 1.82) is 0 Å². The molecule has 1 aromatic heterocycles. The van der Waals surface area contributed by atoms with Gasteiger partial charge in [0.25, 0.3) is 5.91 Å². The van der Waals surface area contributed by atoms with Gasteiger partial charge < -0.3 is 10.6 Å². The van der Waals surface area contributed by atoms with Crippen LogP contribution in [0.4, 0.5) is 0 Å². The van der Waals surface area contributed by atoms with Gasteiger partial charge in [0, 0.05) is 30.7 Å². The Balaban J connectivity index is 2.38. The molecule has 6 heteroatoms. The minimum atomic E-state index is -0.336. The van der Waals surface area contributed by atoms with Crippen molar-refractivity contribution in [2.24, 2.45) is 0 Å². The van der Waals surface area contributed by atoms with Gasteiger partial charge in [-0.25, -0.2) is 0 Å². The molecule has 0 spiro atoms. The van der Waals surface area contributed by atoms with Gasteiger partial charge in [0.1, 0.15) is 5.69 Å². The maximum atomic E-state index is 11.6. The SMILES string of the molecule is CCNC(=O)CCNC(=O)c1cc(Cl)ccn1. The standard InChI is InChI=1S/C11H14ClN3O2/c1-2-13-10(16)4-6-15-11(17)9-7-8(12)3-5-14-9/h3,5,7H,2,4,6H2,1H3,(H,13,16)(H,15,17). The van der Waals surface area contributed by atoms with Crippen LogP contribution in [0, 0.1) is 0 Å². The number of hydrogen-bond donors (Lipinski definition) is 2. The van der Waals surface area contributed by atoms with E-state index in [1.54, 1.807) is 6.07 Å². The zero-order valence-electron chi connectivity index (χ0n) is 9.50. The minimum Gasteiger partial charge on any atom is -0.356 e.